The quantitative estimate of drug-likeness (QED) is 0.859. The average Bonchev–Trinajstić information content (AvgIpc) is 2.83. The molecule has 1 aromatic heterocycles. The van der Waals surface area contributed by atoms with Crippen LogP contribution in [0.15, 0.2) is 22.8 Å². The molecule has 1 unspecified atom stereocenters. The largest absolute Gasteiger partial charge is 0.467 e. The van der Waals surface area contributed by atoms with E-state index in [1.807, 2.05) is 12.1 Å². The minimum absolute atomic E-state index is 0.519. The summed E-state index contributed by atoms with van der Waals surface area (Å²) in [6, 6.07) is 4.22. The van der Waals surface area contributed by atoms with Crippen LogP contribution >= 0.6 is 0 Å². The van der Waals surface area contributed by atoms with Crippen molar-refractivity contribution in [3.8, 4) is 0 Å². The molecule has 0 amide bonds. The minimum Gasteiger partial charge on any atom is -0.467 e. The van der Waals surface area contributed by atoms with Gasteiger partial charge in [-0.2, -0.15) is 0 Å². The molecule has 1 saturated heterocycles. The maximum absolute atomic E-state index is 10.0. The first-order valence-corrected chi connectivity index (χ1v) is 6.27. The Labute approximate surface area is 103 Å². The molecule has 2 rings (SSSR count). The predicted molar refractivity (Wildman–Crippen MR) is 66.8 cm³/mol. The number of hydrogen-bond acceptors (Lipinski definition) is 4. The van der Waals surface area contributed by atoms with Gasteiger partial charge in [0.15, 0.2) is 0 Å². The van der Waals surface area contributed by atoms with Crippen LogP contribution in [-0.4, -0.2) is 54.7 Å². The van der Waals surface area contributed by atoms with Crippen LogP contribution < -0.4 is 0 Å². The van der Waals surface area contributed by atoms with E-state index in [0.717, 1.165) is 13.1 Å². The molecule has 4 nitrogen and oxygen atoms in total. The van der Waals surface area contributed by atoms with Crippen molar-refractivity contribution >= 4 is 0 Å². The van der Waals surface area contributed by atoms with E-state index in [0.29, 0.717) is 18.3 Å². The third-order valence-corrected chi connectivity index (χ3v) is 3.64. The number of likely N-dealkylation sites (tertiary alicyclic amines) is 1. The Balaban J connectivity index is 1.82. The monoisotopic (exact) mass is 238 g/mol. The normalized spacial score (nSPS) is 20.9. The summed E-state index contributed by atoms with van der Waals surface area (Å²) in [7, 11) is 4.25. The highest BCUT2D eigenvalue weighted by Gasteiger charge is 2.23. The number of nitrogens with zero attached hydrogens (tertiary/aromatic N) is 2. The number of aliphatic hydroxyl groups is 1. The van der Waals surface area contributed by atoms with E-state index in [-0.39, 0.29) is 0 Å². The zero-order chi connectivity index (χ0) is 12.3. The van der Waals surface area contributed by atoms with Gasteiger partial charge in [-0.1, -0.05) is 0 Å². The Morgan fingerprint density at radius 1 is 1.53 bits per heavy atom. The molecule has 2 heterocycles. The molecular weight excluding hydrogens is 216 g/mol. The van der Waals surface area contributed by atoms with Crippen molar-refractivity contribution in [2.24, 2.45) is 0 Å². The fourth-order valence-corrected chi connectivity index (χ4v) is 2.43. The van der Waals surface area contributed by atoms with Gasteiger partial charge in [-0.25, -0.2) is 0 Å². The molecular formula is C13H22N2O2. The molecule has 1 fully saturated rings. The van der Waals surface area contributed by atoms with E-state index in [2.05, 4.69) is 23.9 Å². The summed E-state index contributed by atoms with van der Waals surface area (Å²) in [6.07, 6.45) is 3.44. The fraction of sp³-hybridized carbons (Fsp3) is 0.692. The standard InChI is InChI=1S/C13H22N2O2/c1-14-7-5-11(6-8-14)15(2)10-12(16)13-4-3-9-17-13/h3-4,9,11-12,16H,5-8,10H2,1-2H3. The van der Waals surface area contributed by atoms with E-state index >= 15 is 0 Å². The third kappa shape index (κ3) is 3.31. The van der Waals surface area contributed by atoms with Crippen LogP contribution in [0.3, 0.4) is 0 Å². The molecule has 1 atom stereocenters. The summed E-state index contributed by atoms with van der Waals surface area (Å²) in [6.45, 7) is 2.93. The van der Waals surface area contributed by atoms with Crippen molar-refractivity contribution < 1.29 is 9.52 Å². The average molecular weight is 238 g/mol. The minimum atomic E-state index is -0.519. The number of furan rings is 1. The van der Waals surface area contributed by atoms with Gasteiger partial charge in [0, 0.05) is 12.6 Å². The van der Waals surface area contributed by atoms with E-state index in [4.69, 9.17) is 4.42 Å². The van der Waals surface area contributed by atoms with Crippen molar-refractivity contribution in [2.75, 3.05) is 33.7 Å². The number of piperidine rings is 1. The second-order valence-corrected chi connectivity index (χ2v) is 5.01. The molecule has 1 aliphatic rings. The summed E-state index contributed by atoms with van der Waals surface area (Å²) >= 11 is 0. The Hall–Kier alpha value is -0.840. The highest BCUT2D eigenvalue weighted by Crippen LogP contribution is 2.19. The number of rotatable bonds is 4. The van der Waals surface area contributed by atoms with Gasteiger partial charge in [0.05, 0.1) is 6.26 Å². The fourth-order valence-electron chi connectivity index (χ4n) is 2.43. The topological polar surface area (TPSA) is 39.9 Å². The van der Waals surface area contributed by atoms with Gasteiger partial charge in [0.25, 0.3) is 0 Å². The number of aliphatic hydroxyl groups excluding tert-OH is 1. The maximum atomic E-state index is 10.0. The van der Waals surface area contributed by atoms with Gasteiger partial charge in [0.1, 0.15) is 11.9 Å². The van der Waals surface area contributed by atoms with Crippen LogP contribution in [0.5, 0.6) is 0 Å². The predicted octanol–water partition coefficient (Wildman–Crippen LogP) is 1.34. The lowest BCUT2D eigenvalue weighted by atomic mass is 10.0. The van der Waals surface area contributed by atoms with Gasteiger partial charge in [-0.15, -0.1) is 0 Å². The molecule has 17 heavy (non-hydrogen) atoms. The van der Waals surface area contributed by atoms with Gasteiger partial charge in [-0.3, -0.25) is 0 Å². The molecule has 0 radical (unpaired) electrons. The smallest absolute Gasteiger partial charge is 0.133 e. The first-order valence-electron chi connectivity index (χ1n) is 6.27. The van der Waals surface area contributed by atoms with Crippen LogP contribution in [0.25, 0.3) is 0 Å². The highest BCUT2D eigenvalue weighted by atomic mass is 16.4. The lowest BCUT2D eigenvalue weighted by Crippen LogP contribution is -2.43. The molecule has 4 heteroatoms. The van der Waals surface area contributed by atoms with Gasteiger partial charge in [-0.05, 0) is 52.2 Å². The maximum Gasteiger partial charge on any atom is 0.133 e. The van der Waals surface area contributed by atoms with E-state index < -0.39 is 6.10 Å². The van der Waals surface area contributed by atoms with Crippen molar-refractivity contribution in [1.29, 1.82) is 0 Å². The molecule has 0 aromatic carbocycles. The summed E-state index contributed by atoms with van der Waals surface area (Å²) in [5.41, 5.74) is 0. The Bertz CT molecular complexity index is 318. The zero-order valence-corrected chi connectivity index (χ0v) is 10.7. The van der Waals surface area contributed by atoms with Gasteiger partial charge in [0.2, 0.25) is 0 Å². The van der Waals surface area contributed by atoms with Gasteiger partial charge >= 0.3 is 0 Å². The Morgan fingerprint density at radius 2 is 2.24 bits per heavy atom. The third-order valence-electron chi connectivity index (χ3n) is 3.64. The first kappa shape index (κ1) is 12.6. The van der Waals surface area contributed by atoms with Crippen LogP contribution in [-0.2, 0) is 0 Å². The zero-order valence-electron chi connectivity index (χ0n) is 10.7. The molecule has 0 spiro atoms. The van der Waals surface area contributed by atoms with Crippen LogP contribution in [0.1, 0.15) is 24.7 Å². The van der Waals surface area contributed by atoms with Crippen molar-refractivity contribution in [3.63, 3.8) is 0 Å². The first-order chi connectivity index (χ1) is 8.16. The highest BCUT2D eigenvalue weighted by molar-refractivity contribution is 5.02. The SMILES string of the molecule is CN1CCC(N(C)CC(O)c2ccco2)CC1. The molecule has 0 bridgehead atoms. The summed E-state index contributed by atoms with van der Waals surface area (Å²) in [5.74, 6) is 0.657. The summed E-state index contributed by atoms with van der Waals surface area (Å²) in [5, 5.41) is 10.0. The lowest BCUT2D eigenvalue weighted by molar-refractivity contribution is 0.0671. The lowest BCUT2D eigenvalue weighted by Gasteiger charge is -2.35. The van der Waals surface area contributed by atoms with E-state index in [1.165, 1.54) is 12.8 Å². The summed E-state index contributed by atoms with van der Waals surface area (Å²) in [4.78, 5) is 4.60. The van der Waals surface area contributed by atoms with Crippen molar-refractivity contribution in [3.05, 3.63) is 24.2 Å². The molecule has 96 valence electrons. The molecule has 1 N–H and O–H groups in total. The number of likely N-dealkylation sites (N-methyl/N-ethyl adjacent to an activating group) is 1. The van der Waals surface area contributed by atoms with Crippen LogP contribution in [0.4, 0.5) is 0 Å². The van der Waals surface area contributed by atoms with Crippen LogP contribution in [0.2, 0.25) is 0 Å². The molecule has 0 aliphatic carbocycles. The van der Waals surface area contributed by atoms with Gasteiger partial charge < -0.3 is 19.3 Å². The second-order valence-electron chi connectivity index (χ2n) is 5.01. The Morgan fingerprint density at radius 3 is 2.82 bits per heavy atom. The molecule has 1 aromatic rings. The summed E-state index contributed by atoms with van der Waals surface area (Å²) < 4.78 is 5.22. The van der Waals surface area contributed by atoms with Crippen molar-refractivity contribution in [2.45, 2.75) is 25.0 Å². The van der Waals surface area contributed by atoms with Crippen LogP contribution in [0, 0.1) is 0 Å². The second kappa shape index (κ2) is 5.67. The molecule has 1 aliphatic heterocycles. The molecule has 0 saturated carbocycles. The van der Waals surface area contributed by atoms with Crippen molar-refractivity contribution in [1.82, 2.24) is 9.80 Å². The van der Waals surface area contributed by atoms with E-state index in [1.54, 1.807) is 6.26 Å². The van der Waals surface area contributed by atoms with E-state index in [9.17, 15) is 5.11 Å². The number of hydrogen-bond donors (Lipinski definition) is 1. The Kier molecular flexibility index (Phi) is 4.20.